The van der Waals surface area contributed by atoms with Gasteiger partial charge in [0, 0.05) is 0 Å². The summed E-state index contributed by atoms with van der Waals surface area (Å²) in [5.74, 6) is 0. The van der Waals surface area contributed by atoms with Crippen molar-refractivity contribution < 1.29 is 13.5 Å². The van der Waals surface area contributed by atoms with Crippen LogP contribution in [-0.2, 0) is 13.5 Å². The maximum absolute atomic E-state index is 6.03. The molecular weight excluding hydrogens is 292 g/mol. The van der Waals surface area contributed by atoms with Gasteiger partial charge in [0.25, 0.3) is 0 Å². The summed E-state index contributed by atoms with van der Waals surface area (Å²) in [4.78, 5) is 0. The Balaban J connectivity index is 2.54. The molecule has 2 rings (SSSR count). The molecule has 0 aromatic rings. The number of hydrogen-bond acceptors (Lipinski definition) is 0. The molecule has 0 saturated heterocycles. The molecular formula is C10H10Cl2Ru. The zero-order valence-corrected chi connectivity index (χ0v) is 10.5. The van der Waals surface area contributed by atoms with Gasteiger partial charge in [-0.25, -0.2) is 0 Å². The summed E-state index contributed by atoms with van der Waals surface area (Å²) in [5, 5.41) is 0. The van der Waals surface area contributed by atoms with E-state index in [0.29, 0.717) is 0 Å². The van der Waals surface area contributed by atoms with Gasteiger partial charge in [-0.1, -0.05) is 0 Å². The summed E-state index contributed by atoms with van der Waals surface area (Å²) < 4.78 is 1.21. The first kappa shape index (κ1) is 9.83. The molecule has 2 aliphatic carbocycles. The molecule has 0 bridgehead atoms. The van der Waals surface area contributed by atoms with E-state index in [1.807, 2.05) is 0 Å². The predicted molar refractivity (Wildman–Crippen MR) is 55.9 cm³/mol. The van der Waals surface area contributed by atoms with Gasteiger partial charge in [0.2, 0.25) is 0 Å². The Labute approximate surface area is 91.4 Å². The topological polar surface area (TPSA) is 0 Å². The molecule has 0 aromatic carbocycles. The molecule has 13 heavy (non-hydrogen) atoms. The van der Waals surface area contributed by atoms with Crippen LogP contribution < -0.4 is 0 Å². The second-order valence-corrected chi connectivity index (χ2v) is 8.97. The first-order valence-corrected chi connectivity index (χ1v) is 9.51. The van der Waals surface area contributed by atoms with E-state index >= 15 is 0 Å². The zero-order valence-electron chi connectivity index (χ0n) is 7.26. The molecule has 72 valence electrons. The maximum atomic E-state index is 6.03. The molecule has 0 fully saturated rings. The van der Waals surface area contributed by atoms with Crippen LogP contribution in [-0.4, -0.2) is 4.11 Å². The van der Waals surface area contributed by atoms with Gasteiger partial charge in [-0.05, 0) is 0 Å². The summed E-state index contributed by atoms with van der Waals surface area (Å²) in [6, 6.07) is 0. The van der Waals surface area contributed by atoms with E-state index in [9.17, 15) is 0 Å². The van der Waals surface area contributed by atoms with Crippen LogP contribution in [0.1, 0.15) is 19.8 Å². The molecule has 0 unspecified atom stereocenters. The van der Waals surface area contributed by atoms with Crippen LogP contribution in [0.5, 0.6) is 0 Å². The molecule has 0 N–H and O–H groups in total. The minimum absolute atomic E-state index is 1.12. The standard InChI is InChI=1S/C10H10.2ClH.Ru/c1-8-6-7-9-4-2-3-5-10(8)9;;;/h4-6H,2-3H2,1H3;2*1H;/q;;;+2/p-2. The molecule has 0 aromatic heterocycles. The molecule has 0 amide bonds. The number of halogens is 2. The van der Waals surface area contributed by atoms with Crippen molar-refractivity contribution in [3.05, 3.63) is 34.9 Å². The van der Waals surface area contributed by atoms with Crippen molar-refractivity contribution >= 4 is 23.5 Å². The zero-order chi connectivity index (χ0) is 9.42. The van der Waals surface area contributed by atoms with Gasteiger partial charge in [-0.2, -0.15) is 0 Å². The number of hydrogen-bond donors (Lipinski definition) is 0. The third kappa shape index (κ3) is 1.75. The fourth-order valence-electron chi connectivity index (χ4n) is 1.72. The van der Waals surface area contributed by atoms with E-state index < -0.39 is 13.5 Å². The first-order valence-electron chi connectivity index (χ1n) is 4.17. The van der Waals surface area contributed by atoms with Crippen molar-refractivity contribution in [2.45, 2.75) is 19.8 Å². The van der Waals surface area contributed by atoms with Crippen molar-refractivity contribution in [3.8, 4) is 0 Å². The molecule has 0 atom stereocenters. The molecule has 0 aliphatic heterocycles. The monoisotopic (exact) mass is 302 g/mol. The summed E-state index contributed by atoms with van der Waals surface area (Å²) in [6.07, 6.45) is 8.98. The molecule has 0 radical (unpaired) electrons. The van der Waals surface area contributed by atoms with Crippen LogP contribution in [0.3, 0.4) is 0 Å². The van der Waals surface area contributed by atoms with Crippen molar-refractivity contribution in [3.63, 3.8) is 0 Å². The summed E-state index contributed by atoms with van der Waals surface area (Å²) >= 11 is -1.72. The summed E-state index contributed by atoms with van der Waals surface area (Å²) in [6.45, 7) is 2.13. The Morgan fingerprint density at radius 3 is 2.38 bits per heavy atom. The minimum atomic E-state index is -1.72. The van der Waals surface area contributed by atoms with Gasteiger partial charge in [0.15, 0.2) is 0 Å². The van der Waals surface area contributed by atoms with Crippen LogP contribution in [0.25, 0.3) is 0 Å². The van der Waals surface area contributed by atoms with Gasteiger partial charge in [-0.15, -0.1) is 0 Å². The fraction of sp³-hybridized carbons (Fsp3) is 0.300. The van der Waals surface area contributed by atoms with E-state index in [0.717, 1.165) is 12.8 Å². The Kier molecular flexibility index (Phi) is 2.88. The van der Waals surface area contributed by atoms with E-state index in [2.05, 4.69) is 25.2 Å². The van der Waals surface area contributed by atoms with Crippen molar-refractivity contribution in [2.24, 2.45) is 0 Å². The predicted octanol–water partition coefficient (Wildman–Crippen LogP) is 3.69. The fourth-order valence-corrected chi connectivity index (χ4v) is 4.36. The normalized spacial score (nSPS) is 21.9. The molecule has 0 spiro atoms. The Bertz CT molecular complexity index is 368. The second kappa shape index (κ2) is 3.81. The van der Waals surface area contributed by atoms with E-state index in [4.69, 9.17) is 19.4 Å². The van der Waals surface area contributed by atoms with Crippen molar-refractivity contribution in [2.75, 3.05) is 0 Å². The van der Waals surface area contributed by atoms with Gasteiger partial charge in [0.05, 0.1) is 0 Å². The molecule has 0 heterocycles. The Morgan fingerprint density at radius 2 is 1.77 bits per heavy atom. The van der Waals surface area contributed by atoms with Gasteiger partial charge in [0.1, 0.15) is 0 Å². The molecule has 2 aliphatic rings. The molecule has 0 nitrogen and oxygen atoms in total. The van der Waals surface area contributed by atoms with E-state index in [-0.39, 0.29) is 0 Å². The van der Waals surface area contributed by atoms with Crippen LogP contribution in [0, 0.1) is 0 Å². The van der Waals surface area contributed by atoms with Gasteiger partial charge < -0.3 is 0 Å². The number of fused-ring (bicyclic) bond motifs is 1. The van der Waals surface area contributed by atoms with Crippen LogP contribution in [0.4, 0.5) is 0 Å². The number of allylic oxidation sites excluding steroid dienone is 6. The van der Waals surface area contributed by atoms with Gasteiger partial charge >= 0.3 is 91.7 Å². The Hall–Kier alpha value is 0.293. The second-order valence-electron chi connectivity index (χ2n) is 3.16. The quantitative estimate of drug-likeness (QED) is 0.599. The van der Waals surface area contributed by atoms with Crippen LogP contribution >= 0.6 is 19.4 Å². The molecule has 3 heteroatoms. The molecule has 0 saturated carbocycles. The SMILES string of the molecule is CC1=C[C](=[Ru]([Cl])[Cl])C2=CCCC=C12. The summed E-state index contributed by atoms with van der Waals surface area (Å²) in [5.41, 5.74) is 4.00. The van der Waals surface area contributed by atoms with Crippen molar-refractivity contribution in [1.29, 1.82) is 0 Å². The average molecular weight is 302 g/mol. The number of rotatable bonds is 0. The first-order chi connectivity index (χ1) is 6.20. The third-order valence-electron chi connectivity index (χ3n) is 2.31. The average Bonchev–Trinajstić information content (AvgIpc) is 2.45. The summed E-state index contributed by atoms with van der Waals surface area (Å²) in [7, 11) is 12.1. The van der Waals surface area contributed by atoms with E-state index in [1.165, 1.54) is 20.8 Å². The Morgan fingerprint density at radius 1 is 1.15 bits per heavy atom. The van der Waals surface area contributed by atoms with Crippen LogP contribution in [0.2, 0.25) is 0 Å². The van der Waals surface area contributed by atoms with Crippen LogP contribution in [0.15, 0.2) is 34.9 Å². The van der Waals surface area contributed by atoms with E-state index in [1.54, 1.807) is 0 Å². The van der Waals surface area contributed by atoms with Crippen molar-refractivity contribution in [1.82, 2.24) is 0 Å². The van der Waals surface area contributed by atoms with Gasteiger partial charge in [-0.3, -0.25) is 0 Å². The third-order valence-corrected chi connectivity index (χ3v) is 5.44.